The quantitative estimate of drug-likeness (QED) is 0.330. The van der Waals surface area contributed by atoms with Crippen LogP contribution in [-0.2, 0) is 22.7 Å². The molecule has 37 heavy (non-hydrogen) atoms. The summed E-state index contributed by atoms with van der Waals surface area (Å²) in [6, 6.07) is 26.2. The minimum atomic E-state index is -0.967. The van der Waals surface area contributed by atoms with Gasteiger partial charge in [-0.3, -0.25) is 14.5 Å². The Labute approximate surface area is 213 Å². The summed E-state index contributed by atoms with van der Waals surface area (Å²) >= 11 is 0. The van der Waals surface area contributed by atoms with Gasteiger partial charge in [0, 0.05) is 5.69 Å². The van der Waals surface area contributed by atoms with Crippen LogP contribution in [0.3, 0.4) is 0 Å². The highest BCUT2D eigenvalue weighted by Gasteiger charge is 2.33. The molecule has 2 amide bonds. The lowest BCUT2D eigenvalue weighted by Crippen LogP contribution is -2.45. The highest BCUT2D eigenvalue weighted by atomic mass is 16.5. The third kappa shape index (κ3) is 5.20. The molecule has 0 aliphatic rings. The molecule has 0 aliphatic heterocycles. The molecule has 3 aromatic carbocycles. The fourth-order valence-corrected chi connectivity index (χ4v) is 4.15. The van der Waals surface area contributed by atoms with E-state index in [1.165, 1.54) is 4.90 Å². The van der Waals surface area contributed by atoms with Gasteiger partial charge in [0.15, 0.2) is 0 Å². The van der Waals surface area contributed by atoms with Gasteiger partial charge in [0.25, 0.3) is 0 Å². The molecule has 186 valence electrons. The lowest BCUT2D eigenvalue weighted by Gasteiger charge is -2.31. The molecule has 0 fully saturated rings. The number of aromatic nitrogens is 3. The largest absolute Gasteiger partial charge is 0.497 e. The Hall–Kier alpha value is -4.92. The molecule has 1 N–H and O–H groups in total. The Morgan fingerprint density at radius 1 is 0.973 bits per heavy atom. The number of furan rings is 1. The number of benzene rings is 3. The standard InChI is InChI=1S/C28H25N5O4/c1-36-22-15-13-20(14-16-22)27(28(35)29-18-23-10-7-17-37-23)33(21-8-3-2-4-9-21)26(34)19-32-25-12-6-5-11-24(25)30-31-32/h2-17,27H,18-19H2,1H3,(H,29,35). The smallest absolute Gasteiger partial charge is 0.249 e. The summed E-state index contributed by atoms with van der Waals surface area (Å²) in [7, 11) is 1.57. The number of hydrogen-bond acceptors (Lipinski definition) is 6. The van der Waals surface area contributed by atoms with Crippen LogP contribution in [0.4, 0.5) is 5.69 Å². The number of ether oxygens (including phenoxy) is 1. The van der Waals surface area contributed by atoms with Crippen LogP contribution in [-0.4, -0.2) is 33.9 Å². The van der Waals surface area contributed by atoms with Gasteiger partial charge in [0.1, 0.15) is 29.6 Å². The van der Waals surface area contributed by atoms with Crippen LogP contribution in [0, 0.1) is 0 Å². The van der Waals surface area contributed by atoms with Gasteiger partial charge < -0.3 is 14.5 Å². The van der Waals surface area contributed by atoms with E-state index in [1.54, 1.807) is 66.6 Å². The van der Waals surface area contributed by atoms with E-state index in [1.807, 2.05) is 42.5 Å². The van der Waals surface area contributed by atoms with Crippen LogP contribution in [0.15, 0.2) is 102 Å². The molecule has 0 saturated carbocycles. The predicted molar refractivity (Wildman–Crippen MR) is 138 cm³/mol. The zero-order valence-electron chi connectivity index (χ0n) is 20.2. The van der Waals surface area contributed by atoms with Crippen molar-refractivity contribution in [2.45, 2.75) is 19.1 Å². The van der Waals surface area contributed by atoms with Gasteiger partial charge >= 0.3 is 0 Å². The van der Waals surface area contributed by atoms with Gasteiger partial charge in [0.05, 0.1) is 25.4 Å². The van der Waals surface area contributed by atoms with Crippen molar-refractivity contribution in [1.29, 1.82) is 0 Å². The number of fused-ring (bicyclic) bond motifs is 1. The normalized spacial score (nSPS) is 11.7. The molecule has 2 aromatic heterocycles. The Bertz CT molecular complexity index is 1480. The van der Waals surface area contributed by atoms with E-state index in [0.717, 1.165) is 5.52 Å². The van der Waals surface area contributed by atoms with Crippen molar-refractivity contribution in [3.05, 3.63) is 109 Å². The van der Waals surface area contributed by atoms with Crippen molar-refractivity contribution in [1.82, 2.24) is 20.3 Å². The number of methoxy groups -OCH3 is 1. The predicted octanol–water partition coefficient (Wildman–Crippen LogP) is 4.12. The zero-order chi connectivity index (χ0) is 25.6. The van der Waals surface area contributed by atoms with Crippen molar-refractivity contribution in [3.63, 3.8) is 0 Å². The van der Waals surface area contributed by atoms with Crippen LogP contribution >= 0.6 is 0 Å². The lowest BCUT2D eigenvalue weighted by molar-refractivity contribution is -0.127. The van der Waals surface area contributed by atoms with E-state index in [9.17, 15) is 9.59 Å². The van der Waals surface area contributed by atoms with E-state index < -0.39 is 6.04 Å². The maximum Gasteiger partial charge on any atom is 0.249 e. The average molecular weight is 496 g/mol. The third-order valence-electron chi connectivity index (χ3n) is 5.96. The molecule has 0 saturated heterocycles. The molecule has 5 aromatic rings. The second kappa shape index (κ2) is 10.8. The molecule has 1 unspecified atom stereocenters. The van der Waals surface area contributed by atoms with Crippen molar-refractivity contribution in [2.75, 3.05) is 12.0 Å². The Balaban J connectivity index is 1.54. The third-order valence-corrected chi connectivity index (χ3v) is 5.96. The molecule has 0 bridgehead atoms. The maximum absolute atomic E-state index is 13.9. The second-order valence-corrected chi connectivity index (χ2v) is 8.31. The second-order valence-electron chi connectivity index (χ2n) is 8.31. The van der Waals surface area contributed by atoms with Crippen LogP contribution in [0.25, 0.3) is 11.0 Å². The fourth-order valence-electron chi connectivity index (χ4n) is 4.15. The summed E-state index contributed by atoms with van der Waals surface area (Å²) in [5.41, 5.74) is 2.61. The van der Waals surface area contributed by atoms with Gasteiger partial charge in [-0.25, -0.2) is 4.68 Å². The van der Waals surface area contributed by atoms with Crippen molar-refractivity contribution in [2.24, 2.45) is 0 Å². The number of rotatable bonds is 9. The maximum atomic E-state index is 13.9. The highest BCUT2D eigenvalue weighted by Crippen LogP contribution is 2.30. The Kier molecular flexibility index (Phi) is 6.93. The first-order chi connectivity index (χ1) is 18.1. The van der Waals surface area contributed by atoms with E-state index in [0.29, 0.717) is 28.3 Å². The average Bonchev–Trinajstić information content (AvgIpc) is 3.61. The van der Waals surface area contributed by atoms with Crippen molar-refractivity contribution in [3.8, 4) is 5.75 Å². The topological polar surface area (TPSA) is 102 Å². The van der Waals surface area contributed by atoms with Gasteiger partial charge in [-0.2, -0.15) is 0 Å². The number of carbonyl (C=O) groups excluding carboxylic acids is 2. The molecular formula is C28H25N5O4. The summed E-state index contributed by atoms with van der Waals surface area (Å²) < 4.78 is 12.2. The molecule has 9 heteroatoms. The highest BCUT2D eigenvalue weighted by molar-refractivity contribution is 6.01. The van der Waals surface area contributed by atoms with Crippen LogP contribution in [0.2, 0.25) is 0 Å². The number of amides is 2. The number of carbonyl (C=O) groups is 2. The molecule has 5 rings (SSSR count). The van der Waals surface area contributed by atoms with Crippen molar-refractivity contribution < 1.29 is 18.7 Å². The number of nitrogens with zero attached hydrogens (tertiary/aromatic N) is 4. The number of anilines is 1. The summed E-state index contributed by atoms with van der Waals surface area (Å²) in [4.78, 5) is 29.2. The van der Waals surface area contributed by atoms with E-state index >= 15 is 0 Å². The summed E-state index contributed by atoms with van der Waals surface area (Å²) in [6.45, 7) is 0.0799. The summed E-state index contributed by atoms with van der Waals surface area (Å²) in [5, 5.41) is 11.2. The monoisotopic (exact) mass is 495 g/mol. The summed E-state index contributed by atoms with van der Waals surface area (Å²) in [6.07, 6.45) is 1.55. The number of hydrogen-bond donors (Lipinski definition) is 1. The first-order valence-corrected chi connectivity index (χ1v) is 11.7. The Morgan fingerprint density at radius 3 is 2.46 bits per heavy atom. The molecular weight excluding hydrogens is 470 g/mol. The number of para-hydroxylation sites is 2. The first-order valence-electron chi connectivity index (χ1n) is 11.7. The van der Waals surface area contributed by atoms with Crippen LogP contribution in [0.5, 0.6) is 5.75 Å². The van der Waals surface area contributed by atoms with Crippen LogP contribution in [0.1, 0.15) is 17.4 Å². The number of nitrogens with one attached hydrogen (secondary N) is 1. The fraction of sp³-hybridized carbons (Fsp3) is 0.143. The minimum absolute atomic E-state index is 0.104. The molecule has 2 heterocycles. The molecule has 0 spiro atoms. The SMILES string of the molecule is COc1ccc(C(C(=O)NCc2ccco2)N(C(=O)Cn2nnc3ccccc32)c2ccccc2)cc1. The van der Waals surface area contributed by atoms with Crippen LogP contribution < -0.4 is 15.0 Å². The zero-order valence-corrected chi connectivity index (χ0v) is 20.2. The molecule has 0 radical (unpaired) electrons. The lowest BCUT2D eigenvalue weighted by atomic mass is 10.0. The van der Waals surface area contributed by atoms with Gasteiger partial charge in [0.2, 0.25) is 11.8 Å². The van der Waals surface area contributed by atoms with Gasteiger partial charge in [-0.15, -0.1) is 5.10 Å². The molecule has 9 nitrogen and oxygen atoms in total. The van der Waals surface area contributed by atoms with Crippen molar-refractivity contribution >= 4 is 28.5 Å². The summed E-state index contributed by atoms with van der Waals surface area (Å²) in [5.74, 6) is 0.566. The van der Waals surface area contributed by atoms with E-state index in [2.05, 4.69) is 15.6 Å². The first kappa shape index (κ1) is 23.8. The minimum Gasteiger partial charge on any atom is -0.497 e. The van der Waals surface area contributed by atoms with E-state index in [-0.39, 0.29) is 24.9 Å². The van der Waals surface area contributed by atoms with Gasteiger partial charge in [-0.05, 0) is 54.1 Å². The van der Waals surface area contributed by atoms with Gasteiger partial charge in [-0.1, -0.05) is 47.7 Å². The molecule has 1 atom stereocenters. The molecule has 0 aliphatic carbocycles. The Morgan fingerprint density at radius 2 is 1.73 bits per heavy atom. The van der Waals surface area contributed by atoms with E-state index in [4.69, 9.17) is 9.15 Å².